The van der Waals surface area contributed by atoms with Gasteiger partial charge in [0.25, 0.3) is 0 Å². The lowest BCUT2D eigenvalue weighted by atomic mass is 10.2. The molecule has 4 heteroatoms. The number of rotatable bonds is 7. The van der Waals surface area contributed by atoms with Gasteiger partial charge in [-0.05, 0) is 44.4 Å². The van der Waals surface area contributed by atoms with Crippen LogP contribution < -0.4 is 5.32 Å². The smallest absolute Gasteiger partial charge is 0.0762 e. The molecular weight excluding hydrogens is 266 g/mol. The lowest BCUT2D eigenvalue weighted by Gasteiger charge is -2.12. The first-order valence-electron chi connectivity index (χ1n) is 7.44. The fraction of sp³-hybridized carbons (Fsp3) is 0.562. The average Bonchev–Trinajstić information content (AvgIpc) is 3.00. The predicted molar refractivity (Wildman–Crippen MR) is 86.2 cm³/mol. The van der Waals surface area contributed by atoms with Gasteiger partial charge in [-0.3, -0.25) is 4.68 Å². The van der Waals surface area contributed by atoms with Crippen LogP contribution in [-0.4, -0.2) is 9.78 Å². The van der Waals surface area contributed by atoms with Gasteiger partial charge in [-0.15, -0.1) is 11.3 Å². The van der Waals surface area contributed by atoms with Gasteiger partial charge in [-0.25, -0.2) is 0 Å². The highest BCUT2D eigenvalue weighted by Crippen LogP contribution is 2.20. The van der Waals surface area contributed by atoms with E-state index in [1.54, 1.807) is 0 Å². The van der Waals surface area contributed by atoms with E-state index in [4.69, 9.17) is 0 Å². The molecule has 0 aliphatic rings. The lowest BCUT2D eigenvalue weighted by molar-refractivity contribution is 0.424. The van der Waals surface area contributed by atoms with E-state index < -0.39 is 0 Å². The second kappa shape index (κ2) is 7.04. The summed E-state index contributed by atoms with van der Waals surface area (Å²) in [5, 5.41) is 8.15. The zero-order chi connectivity index (χ0) is 14.5. The molecule has 110 valence electrons. The van der Waals surface area contributed by atoms with Crippen LogP contribution in [0.2, 0.25) is 0 Å². The summed E-state index contributed by atoms with van der Waals surface area (Å²) in [6.07, 6.45) is 4.38. The second-order valence-electron chi connectivity index (χ2n) is 5.31. The molecule has 20 heavy (non-hydrogen) atoms. The van der Waals surface area contributed by atoms with Crippen LogP contribution in [0.5, 0.6) is 0 Å². The van der Waals surface area contributed by atoms with Crippen LogP contribution >= 0.6 is 11.3 Å². The Bertz CT molecular complexity index is 518. The summed E-state index contributed by atoms with van der Waals surface area (Å²) < 4.78 is 2.11. The van der Waals surface area contributed by atoms with E-state index in [1.165, 1.54) is 15.3 Å². The van der Waals surface area contributed by atoms with Crippen molar-refractivity contribution in [2.45, 2.75) is 59.7 Å². The van der Waals surface area contributed by atoms with Gasteiger partial charge in [-0.1, -0.05) is 13.8 Å². The van der Waals surface area contributed by atoms with Crippen LogP contribution in [0.1, 0.15) is 53.7 Å². The van der Waals surface area contributed by atoms with E-state index in [9.17, 15) is 0 Å². The fourth-order valence-corrected chi connectivity index (χ4v) is 3.41. The number of aromatic nitrogens is 2. The van der Waals surface area contributed by atoms with Crippen molar-refractivity contribution < 1.29 is 0 Å². The molecule has 0 saturated carbocycles. The van der Waals surface area contributed by atoms with E-state index in [-0.39, 0.29) is 0 Å². The highest BCUT2D eigenvalue weighted by Gasteiger charge is 2.08. The van der Waals surface area contributed by atoms with Crippen molar-refractivity contribution in [3.05, 3.63) is 39.3 Å². The molecule has 3 nitrogen and oxygen atoms in total. The number of nitrogens with zero attached hydrogens (tertiary/aromatic N) is 2. The molecule has 0 saturated heterocycles. The fourth-order valence-electron chi connectivity index (χ4n) is 2.39. The van der Waals surface area contributed by atoms with Gasteiger partial charge in [0.2, 0.25) is 0 Å². The summed E-state index contributed by atoms with van der Waals surface area (Å²) in [5.41, 5.74) is 2.52. The Hall–Kier alpha value is -1.13. The highest BCUT2D eigenvalue weighted by molar-refractivity contribution is 7.12. The molecule has 2 aromatic heterocycles. The first kappa shape index (κ1) is 15.3. The second-order valence-corrected chi connectivity index (χ2v) is 6.65. The van der Waals surface area contributed by atoms with Crippen molar-refractivity contribution in [2.24, 2.45) is 0 Å². The molecule has 2 rings (SSSR count). The standard InChI is InChI=1S/C16H25N3S/c1-5-15(6-2)19-8-7-14(18-19)10-17-11-16-9-12(3)13(4)20-16/h7-9,15,17H,5-6,10-11H2,1-4H3. The van der Waals surface area contributed by atoms with Crippen LogP contribution in [0.25, 0.3) is 0 Å². The summed E-state index contributed by atoms with van der Waals surface area (Å²) in [6, 6.07) is 4.93. The van der Waals surface area contributed by atoms with Gasteiger partial charge in [0, 0.05) is 29.0 Å². The molecule has 0 bridgehead atoms. The third-order valence-corrected chi connectivity index (χ3v) is 4.96. The monoisotopic (exact) mass is 291 g/mol. The SMILES string of the molecule is CCC(CC)n1ccc(CNCc2cc(C)c(C)s2)n1. The van der Waals surface area contributed by atoms with Gasteiger partial charge in [0.05, 0.1) is 11.7 Å². The minimum atomic E-state index is 0.534. The zero-order valence-electron chi connectivity index (χ0n) is 12.9. The molecule has 0 aliphatic carbocycles. The third-order valence-electron chi connectivity index (χ3n) is 3.80. The largest absolute Gasteiger partial charge is 0.306 e. The summed E-state index contributed by atoms with van der Waals surface area (Å²) in [5.74, 6) is 0. The highest BCUT2D eigenvalue weighted by atomic mass is 32.1. The topological polar surface area (TPSA) is 29.9 Å². The van der Waals surface area contributed by atoms with E-state index in [1.807, 2.05) is 11.3 Å². The van der Waals surface area contributed by atoms with Gasteiger partial charge in [-0.2, -0.15) is 5.10 Å². The Morgan fingerprint density at radius 1 is 1.25 bits per heavy atom. The molecule has 0 atom stereocenters. The molecular formula is C16H25N3S. The summed E-state index contributed by atoms with van der Waals surface area (Å²) >= 11 is 1.88. The van der Waals surface area contributed by atoms with Crippen LogP contribution in [0, 0.1) is 13.8 Å². The van der Waals surface area contributed by atoms with Crippen molar-refractivity contribution in [1.82, 2.24) is 15.1 Å². The van der Waals surface area contributed by atoms with Crippen LogP contribution in [0.4, 0.5) is 0 Å². The molecule has 2 aromatic rings. The third kappa shape index (κ3) is 3.70. The number of nitrogens with one attached hydrogen (secondary N) is 1. The number of hydrogen-bond acceptors (Lipinski definition) is 3. The van der Waals surface area contributed by atoms with E-state index >= 15 is 0 Å². The Balaban J connectivity index is 1.85. The quantitative estimate of drug-likeness (QED) is 0.828. The number of hydrogen-bond donors (Lipinski definition) is 1. The maximum atomic E-state index is 4.66. The van der Waals surface area contributed by atoms with Crippen molar-refractivity contribution in [3.63, 3.8) is 0 Å². The van der Waals surface area contributed by atoms with Crippen LogP contribution in [0.3, 0.4) is 0 Å². The minimum Gasteiger partial charge on any atom is -0.306 e. The molecule has 0 spiro atoms. The minimum absolute atomic E-state index is 0.534. The summed E-state index contributed by atoms with van der Waals surface area (Å²) in [4.78, 5) is 2.82. The maximum Gasteiger partial charge on any atom is 0.0762 e. The average molecular weight is 291 g/mol. The first-order valence-corrected chi connectivity index (χ1v) is 8.26. The Morgan fingerprint density at radius 2 is 2.00 bits per heavy atom. The molecule has 2 heterocycles. The molecule has 0 fully saturated rings. The summed E-state index contributed by atoms with van der Waals surface area (Å²) in [7, 11) is 0. The zero-order valence-corrected chi connectivity index (χ0v) is 13.8. The van der Waals surface area contributed by atoms with Crippen molar-refractivity contribution in [3.8, 4) is 0 Å². The maximum absolute atomic E-state index is 4.66. The van der Waals surface area contributed by atoms with Gasteiger partial charge in [0.15, 0.2) is 0 Å². The van der Waals surface area contributed by atoms with Crippen molar-refractivity contribution in [2.75, 3.05) is 0 Å². The van der Waals surface area contributed by atoms with E-state index in [2.05, 4.69) is 61.1 Å². The normalized spacial score (nSPS) is 11.4. The van der Waals surface area contributed by atoms with Crippen LogP contribution in [-0.2, 0) is 13.1 Å². The molecule has 0 aliphatic heterocycles. The van der Waals surface area contributed by atoms with Gasteiger partial charge in [0.1, 0.15) is 0 Å². The Labute approximate surface area is 126 Å². The van der Waals surface area contributed by atoms with Crippen molar-refractivity contribution >= 4 is 11.3 Å². The van der Waals surface area contributed by atoms with Gasteiger partial charge >= 0.3 is 0 Å². The molecule has 0 radical (unpaired) electrons. The van der Waals surface area contributed by atoms with Crippen LogP contribution in [0.15, 0.2) is 18.3 Å². The summed E-state index contributed by atoms with van der Waals surface area (Å²) in [6.45, 7) is 10.6. The molecule has 0 unspecified atom stereocenters. The molecule has 0 aromatic carbocycles. The number of aryl methyl sites for hydroxylation is 2. The Kier molecular flexibility index (Phi) is 5.38. The number of thiophene rings is 1. The van der Waals surface area contributed by atoms with Crippen molar-refractivity contribution in [1.29, 1.82) is 0 Å². The first-order chi connectivity index (χ1) is 9.63. The lowest BCUT2D eigenvalue weighted by Crippen LogP contribution is -2.13. The molecule has 1 N–H and O–H groups in total. The predicted octanol–water partition coefficient (Wildman–Crippen LogP) is 4.21. The van der Waals surface area contributed by atoms with Gasteiger partial charge < -0.3 is 5.32 Å². The van der Waals surface area contributed by atoms with E-state index in [0.717, 1.165) is 31.6 Å². The van der Waals surface area contributed by atoms with E-state index in [0.29, 0.717) is 6.04 Å². The molecule has 0 amide bonds. The Morgan fingerprint density at radius 3 is 2.60 bits per heavy atom.